The summed E-state index contributed by atoms with van der Waals surface area (Å²) in [4.78, 5) is 0.205. The maximum atomic E-state index is 14.1. The summed E-state index contributed by atoms with van der Waals surface area (Å²) in [5, 5.41) is 4.94. The number of aromatic nitrogens is 2. The quantitative estimate of drug-likeness (QED) is 0.264. The van der Waals surface area contributed by atoms with Crippen LogP contribution in [0.3, 0.4) is 0 Å². The lowest BCUT2D eigenvalue weighted by molar-refractivity contribution is 0.348. The van der Waals surface area contributed by atoms with Gasteiger partial charge in [0.25, 0.3) is 10.0 Å². The smallest absolute Gasteiger partial charge is 0.260 e. The van der Waals surface area contributed by atoms with Gasteiger partial charge < -0.3 is 10.2 Å². The van der Waals surface area contributed by atoms with E-state index in [0.29, 0.717) is 11.4 Å². The molecule has 40 heavy (non-hydrogen) atoms. The first-order valence-corrected chi connectivity index (χ1v) is 14.3. The fourth-order valence-corrected chi connectivity index (χ4v) is 6.17. The summed E-state index contributed by atoms with van der Waals surface area (Å²) < 4.78 is 36.7. The van der Waals surface area contributed by atoms with Crippen molar-refractivity contribution in [1.29, 1.82) is 0 Å². The van der Waals surface area contributed by atoms with Crippen molar-refractivity contribution in [3.63, 3.8) is 0 Å². The number of rotatable bonds is 7. The van der Waals surface area contributed by atoms with Crippen molar-refractivity contribution in [2.45, 2.75) is 17.9 Å². The van der Waals surface area contributed by atoms with E-state index in [2.05, 4.69) is 5.43 Å². The van der Waals surface area contributed by atoms with Crippen LogP contribution in [-0.2, 0) is 10.0 Å². The Balaban J connectivity index is 1.52. The average molecular weight is 549 g/mol. The van der Waals surface area contributed by atoms with Crippen molar-refractivity contribution in [2.24, 2.45) is 0 Å². The molecule has 0 unspecified atom stereocenters. The molecule has 5 aromatic rings. The number of sulfonamides is 1. The highest BCUT2D eigenvalue weighted by Gasteiger charge is 2.39. The molecule has 0 aliphatic carbocycles. The second-order valence-corrected chi connectivity index (χ2v) is 11.4. The standard InChI is InChI=1S/C32H28N4O3S/c1-23-13-19-28(20-14-23)40(37,38)36-31(21-30(33-36)24-15-17-27(39-2)18-16-24)29-22-35(26-11-7-4-8-12-26)34-32(29)25-9-5-3-6-10-25/h3-22,31,33H,1-2H3/t31-/m1/s1. The van der Waals surface area contributed by atoms with E-state index < -0.39 is 16.1 Å². The van der Waals surface area contributed by atoms with Gasteiger partial charge in [-0.25, -0.2) is 13.1 Å². The zero-order chi connectivity index (χ0) is 27.7. The van der Waals surface area contributed by atoms with E-state index in [9.17, 15) is 8.42 Å². The van der Waals surface area contributed by atoms with Gasteiger partial charge in [0.2, 0.25) is 0 Å². The molecule has 0 amide bonds. The Hall–Kier alpha value is -4.66. The molecule has 0 bridgehead atoms. The summed E-state index contributed by atoms with van der Waals surface area (Å²) in [7, 11) is -2.34. The van der Waals surface area contributed by atoms with Crippen LogP contribution in [0.2, 0.25) is 0 Å². The summed E-state index contributed by atoms with van der Waals surface area (Å²) in [5.41, 5.74) is 8.93. The Bertz CT molecular complexity index is 1760. The van der Waals surface area contributed by atoms with E-state index in [0.717, 1.165) is 33.7 Å². The Morgan fingerprint density at radius 2 is 1.45 bits per heavy atom. The molecule has 0 fully saturated rings. The van der Waals surface area contributed by atoms with Crippen LogP contribution in [0.4, 0.5) is 0 Å². The lowest BCUT2D eigenvalue weighted by atomic mass is 10.0. The molecule has 7 nitrogen and oxygen atoms in total. The fraction of sp³-hybridized carbons (Fsp3) is 0.0938. The van der Waals surface area contributed by atoms with Gasteiger partial charge in [-0.05, 0) is 67.1 Å². The minimum atomic E-state index is -3.95. The number of para-hydroxylation sites is 1. The predicted molar refractivity (Wildman–Crippen MR) is 156 cm³/mol. The maximum Gasteiger partial charge on any atom is 0.260 e. The molecule has 4 aromatic carbocycles. The highest BCUT2D eigenvalue weighted by Crippen LogP contribution is 2.40. The van der Waals surface area contributed by atoms with Crippen molar-refractivity contribution in [1.82, 2.24) is 19.6 Å². The van der Waals surface area contributed by atoms with Crippen LogP contribution in [0, 0.1) is 6.92 Å². The molecule has 8 heteroatoms. The largest absolute Gasteiger partial charge is 0.497 e. The summed E-state index contributed by atoms with van der Waals surface area (Å²) in [6.07, 6.45) is 3.85. The third-order valence-corrected chi connectivity index (χ3v) is 8.62. The SMILES string of the molecule is COc1ccc(C2=C[C@H](c3cn(-c4ccccc4)nc3-c3ccccc3)N(S(=O)(=O)c3ccc(C)cc3)N2)cc1. The van der Waals surface area contributed by atoms with Gasteiger partial charge in [-0.1, -0.05) is 66.2 Å². The molecule has 0 spiro atoms. The van der Waals surface area contributed by atoms with Gasteiger partial charge >= 0.3 is 0 Å². The Kier molecular flexibility index (Phi) is 6.71. The lowest BCUT2D eigenvalue weighted by Crippen LogP contribution is -2.39. The molecule has 0 saturated carbocycles. The Labute approximate surface area is 234 Å². The number of hydrogen-bond acceptors (Lipinski definition) is 5. The van der Waals surface area contributed by atoms with E-state index in [-0.39, 0.29) is 4.90 Å². The number of benzene rings is 4. The molecule has 1 aliphatic rings. The van der Waals surface area contributed by atoms with Crippen LogP contribution in [-0.4, -0.2) is 29.7 Å². The van der Waals surface area contributed by atoms with Gasteiger partial charge in [0.05, 0.1) is 35.1 Å². The molecule has 200 valence electrons. The highest BCUT2D eigenvalue weighted by molar-refractivity contribution is 7.89. The summed E-state index contributed by atoms with van der Waals surface area (Å²) in [6, 6.07) is 33.3. The van der Waals surface area contributed by atoms with Crippen LogP contribution >= 0.6 is 0 Å². The van der Waals surface area contributed by atoms with E-state index in [4.69, 9.17) is 9.84 Å². The fourth-order valence-electron chi connectivity index (χ4n) is 4.77. The topological polar surface area (TPSA) is 76.5 Å². The van der Waals surface area contributed by atoms with Crippen LogP contribution in [0.5, 0.6) is 5.75 Å². The predicted octanol–water partition coefficient (Wildman–Crippen LogP) is 6.15. The molecule has 1 atom stereocenters. The molecule has 1 aliphatic heterocycles. The second kappa shape index (κ2) is 10.5. The second-order valence-electron chi connectivity index (χ2n) is 9.56. The first-order valence-electron chi connectivity index (χ1n) is 12.9. The van der Waals surface area contributed by atoms with E-state index in [1.54, 1.807) is 36.1 Å². The number of aryl methyl sites for hydroxylation is 1. The molecule has 6 rings (SSSR count). The minimum absolute atomic E-state index is 0.205. The van der Waals surface area contributed by atoms with E-state index in [1.165, 1.54) is 4.41 Å². The number of methoxy groups -OCH3 is 1. The van der Waals surface area contributed by atoms with Gasteiger partial charge in [-0.15, -0.1) is 4.41 Å². The summed E-state index contributed by atoms with van der Waals surface area (Å²) in [6.45, 7) is 1.93. The van der Waals surface area contributed by atoms with Crippen LogP contribution in [0.25, 0.3) is 22.6 Å². The number of nitrogens with one attached hydrogen (secondary N) is 1. The highest BCUT2D eigenvalue weighted by atomic mass is 32.2. The van der Waals surface area contributed by atoms with Crippen molar-refractivity contribution in [3.8, 4) is 22.7 Å². The normalized spacial score (nSPS) is 15.4. The average Bonchev–Trinajstić information content (AvgIpc) is 3.64. The monoisotopic (exact) mass is 548 g/mol. The molecular weight excluding hydrogens is 520 g/mol. The van der Waals surface area contributed by atoms with E-state index in [1.807, 2.05) is 104 Å². The zero-order valence-electron chi connectivity index (χ0n) is 22.1. The third kappa shape index (κ3) is 4.79. The maximum absolute atomic E-state index is 14.1. The number of ether oxygens (including phenoxy) is 1. The van der Waals surface area contributed by atoms with Crippen molar-refractivity contribution < 1.29 is 13.2 Å². The zero-order valence-corrected chi connectivity index (χ0v) is 22.9. The van der Waals surface area contributed by atoms with Crippen molar-refractivity contribution in [2.75, 3.05) is 7.11 Å². The number of nitrogens with zero attached hydrogens (tertiary/aromatic N) is 3. The van der Waals surface area contributed by atoms with Gasteiger partial charge in [0.15, 0.2) is 0 Å². The van der Waals surface area contributed by atoms with E-state index >= 15 is 0 Å². The molecule has 2 heterocycles. The third-order valence-electron chi connectivity index (χ3n) is 6.92. The van der Waals surface area contributed by atoms with Gasteiger partial charge in [0.1, 0.15) is 5.75 Å². The van der Waals surface area contributed by atoms with Gasteiger partial charge in [-0.2, -0.15) is 5.10 Å². The molecule has 0 saturated heterocycles. The summed E-state index contributed by atoms with van der Waals surface area (Å²) >= 11 is 0. The molecule has 1 aromatic heterocycles. The molecule has 1 N–H and O–H groups in total. The van der Waals surface area contributed by atoms with Crippen LogP contribution in [0.15, 0.2) is 126 Å². The summed E-state index contributed by atoms with van der Waals surface area (Å²) in [5.74, 6) is 0.721. The van der Waals surface area contributed by atoms with Crippen molar-refractivity contribution in [3.05, 3.63) is 138 Å². The van der Waals surface area contributed by atoms with Gasteiger partial charge in [0, 0.05) is 17.3 Å². The molecular formula is C32H28N4O3S. The van der Waals surface area contributed by atoms with Gasteiger partial charge in [-0.3, -0.25) is 0 Å². The Morgan fingerprint density at radius 3 is 2.10 bits per heavy atom. The van der Waals surface area contributed by atoms with Crippen LogP contribution < -0.4 is 10.2 Å². The minimum Gasteiger partial charge on any atom is -0.497 e. The first-order chi connectivity index (χ1) is 19.4. The van der Waals surface area contributed by atoms with Crippen molar-refractivity contribution >= 4 is 15.7 Å². The Morgan fingerprint density at radius 1 is 0.800 bits per heavy atom. The van der Waals surface area contributed by atoms with Crippen LogP contribution in [0.1, 0.15) is 22.7 Å². The molecule has 0 radical (unpaired) electrons. The first kappa shape index (κ1) is 25.6. The lowest BCUT2D eigenvalue weighted by Gasteiger charge is -2.25. The number of hydrazine groups is 1. The number of hydrogen-bond donors (Lipinski definition) is 1.